The van der Waals surface area contributed by atoms with E-state index in [9.17, 15) is 0 Å². The van der Waals surface area contributed by atoms with Crippen LogP contribution in [0.1, 0.15) is 0 Å². The molecule has 0 aliphatic heterocycles. The van der Waals surface area contributed by atoms with Crippen LogP contribution >= 0.6 is 0 Å². The minimum Gasteiger partial charge on any atom is -0.456 e. The van der Waals surface area contributed by atoms with Gasteiger partial charge in [-0.25, -0.2) is 0 Å². The topological polar surface area (TPSA) is 26.3 Å². The highest BCUT2D eigenvalue weighted by Crippen LogP contribution is 2.48. The SMILES string of the molecule is c1ccc(-c2c3ccccc3c(-c3ccc(-c4cccc(-c5ccc6c(c5)oc5ccccc56)c4)c4c3oc3ccccc34)c3ccccc23)cc1. The van der Waals surface area contributed by atoms with Gasteiger partial charge in [-0.1, -0.05) is 146 Å². The van der Waals surface area contributed by atoms with Crippen molar-refractivity contribution in [2.75, 3.05) is 0 Å². The van der Waals surface area contributed by atoms with Crippen LogP contribution in [0.25, 0.3) is 110 Å². The van der Waals surface area contributed by atoms with Gasteiger partial charge in [0.2, 0.25) is 0 Å². The molecule has 9 aromatic carbocycles. The standard InChI is InChI=1S/C50H30O2/c1-2-13-31(14-3-1)47-38-18-4-6-20-40(38)48(41-21-7-5-19-39(41)47)43-28-27-35(49-42-22-9-11-24-45(42)52-50(43)49)34-16-12-15-32(29-34)33-25-26-37-36-17-8-10-23-44(36)51-46(37)30-33/h1-30H. The van der Waals surface area contributed by atoms with Crippen LogP contribution in [0.3, 0.4) is 0 Å². The van der Waals surface area contributed by atoms with E-state index in [2.05, 4.69) is 170 Å². The van der Waals surface area contributed by atoms with E-state index in [0.29, 0.717) is 0 Å². The van der Waals surface area contributed by atoms with E-state index in [1.807, 2.05) is 12.1 Å². The average molecular weight is 663 g/mol. The van der Waals surface area contributed by atoms with Crippen LogP contribution in [-0.2, 0) is 0 Å². The zero-order valence-corrected chi connectivity index (χ0v) is 28.1. The van der Waals surface area contributed by atoms with Crippen LogP contribution in [0.4, 0.5) is 0 Å². The van der Waals surface area contributed by atoms with Gasteiger partial charge in [-0.3, -0.25) is 0 Å². The van der Waals surface area contributed by atoms with Crippen LogP contribution < -0.4 is 0 Å². The summed E-state index contributed by atoms with van der Waals surface area (Å²) in [5, 5.41) is 9.37. The lowest BCUT2D eigenvalue weighted by Gasteiger charge is -2.18. The third-order valence-corrected chi connectivity index (χ3v) is 10.7. The van der Waals surface area contributed by atoms with Crippen molar-refractivity contribution >= 4 is 65.4 Å². The maximum absolute atomic E-state index is 6.89. The Labute approximate surface area is 299 Å². The zero-order valence-electron chi connectivity index (χ0n) is 28.1. The largest absolute Gasteiger partial charge is 0.456 e. The average Bonchev–Trinajstić information content (AvgIpc) is 3.79. The second-order valence-electron chi connectivity index (χ2n) is 13.6. The van der Waals surface area contributed by atoms with Gasteiger partial charge in [-0.2, -0.15) is 0 Å². The van der Waals surface area contributed by atoms with Gasteiger partial charge in [0, 0.05) is 32.7 Å². The first-order valence-electron chi connectivity index (χ1n) is 17.8. The number of furan rings is 2. The summed E-state index contributed by atoms with van der Waals surface area (Å²) in [7, 11) is 0. The molecule has 11 aromatic rings. The van der Waals surface area contributed by atoms with Crippen molar-refractivity contribution in [3.63, 3.8) is 0 Å². The fraction of sp³-hybridized carbons (Fsp3) is 0. The van der Waals surface area contributed by atoms with E-state index < -0.39 is 0 Å². The maximum Gasteiger partial charge on any atom is 0.143 e. The molecular formula is C50H30O2. The number of benzene rings is 9. The fourth-order valence-electron chi connectivity index (χ4n) is 8.37. The molecule has 242 valence electrons. The minimum atomic E-state index is 0.882. The summed E-state index contributed by atoms with van der Waals surface area (Å²) in [5.41, 5.74) is 12.9. The quantitative estimate of drug-likeness (QED) is 0.175. The van der Waals surface area contributed by atoms with Crippen molar-refractivity contribution in [3.05, 3.63) is 182 Å². The molecule has 0 amide bonds. The van der Waals surface area contributed by atoms with Crippen LogP contribution in [0.2, 0.25) is 0 Å². The summed E-state index contributed by atoms with van der Waals surface area (Å²) in [6.45, 7) is 0. The molecule has 0 aliphatic carbocycles. The van der Waals surface area contributed by atoms with E-state index in [4.69, 9.17) is 8.83 Å². The lowest BCUT2D eigenvalue weighted by Crippen LogP contribution is -1.91. The Morgan fingerprint density at radius 3 is 1.52 bits per heavy atom. The fourth-order valence-corrected chi connectivity index (χ4v) is 8.37. The lowest BCUT2D eigenvalue weighted by molar-refractivity contribution is 0.669. The summed E-state index contributed by atoms with van der Waals surface area (Å²) in [6, 6.07) is 64.9. The number of hydrogen-bond acceptors (Lipinski definition) is 2. The third kappa shape index (κ3) is 4.31. The number of rotatable bonds is 4. The van der Waals surface area contributed by atoms with Crippen molar-refractivity contribution < 1.29 is 8.83 Å². The van der Waals surface area contributed by atoms with Crippen molar-refractivity contribution in [3.8, 4) is 44.5 Å². The summed E-state index contributed by atoms with van der Waals surface area (Å²) < 4.78 is 13.2. The molecule has 0 bridgehead atoms. The van der Waals surface area contributed by atoms with Gasteiger partial charge < -0.3 is 8.83 Å². The molecule has 0 unspecified atom stereocenters. The Kier molecular flexibility index (Phi) is 6.28. The van der Waals surface area contributed by atoms with Gasteiger partial charge in [0.15, 0.2) is 0 Å². The molecule has 0 N–H and O–H groups in total. The van der Waals surface area contributed by atoms with Crippen LogP contribution in [0, 0.1) is 0 Å². The molecule has 0 spiro atoms. The molecular weight excluding hydrogens is 633 g/mol. The van der Waals surface area contributed by atoms with E-state index in [1.165, 1.54) is 38.2 Å². The van der Waals surface area contributed by atoms with Gasteiger partial charge in [0.25, 0.3) is 0 Å². The van der Waals surface area contributed by atoms with Crippen LogP contribution in [0.5, 0.6) is 0 Å². The van der Waals surface area contributed by atoms with Gasteiger partial charge in [0.1, 0.15) is 22.3 Å². The summed E-state index contributed by atoms with van der Waals surface area (Å²) in [4.78, 5) is 0. The Morgan fingerprint density at radius 2 is 0.788 bits per heavy atom. The molecule has 2 nitrogen and oxygen atoms in total. The van der Waals surface area contributed by atoms with E-state index in [1.54, 1.807) is 0 Å². The maximum atomic E-state index is 6.89. The highest BCUT2D eigenvalue weighted by atomic mass is 16.3. The molecule has 2 heterocycles. The molecule has 2 heteroatoms. The summed E-state index contributed by atoms with van der Waals surface area (Å²) in [6.07, 6.45) is 0. The first-order valence-corrected chi connectivity index (χ1v) is 17.8. The highest BCUT2D eigenvalue weighted by Gasteiger charge is 2.22. The molecule has 2 aromatic heterocycles. The summed E-state index contributed by atoms with van der Waals surface area (Å²) in [5.74, 6) is 0. The molecule has 0 aliphatic rings. The van der Waals surface area contributed by atoms with Gasteiger partial charge in [0.05, 0.1) is 0 Å². The molecule has 0 fully saturated rings. The van der Waals surface area contributed by atoms with Crippen molar-refractivity contribution in [2.24, 2.45) is 0 Å². The van der Waals surface area contributed by atoms with Crippen molar-refractivity contribution in [1.82, 2.24) is 0 Å². The Balaban J connectivity index is 1.15. The number of para-hydroxylation sites is 2. The smallest absolute Gasteiger partial charge is 0.143 e. The lowest BCUT2D eigenvalue weighted by atomic mass is 9.85. The second-order valence-corrected chi connectivity index (χ2v) is 13.6. The zero-order chi connectivity index (χ0) is 34.2. The molecule has 0 saturated carbocycles. The second kappa shape index (κ2) is 11.3. The molecule has 0 saturated heterocycles. The van der Waals surface area contributed by atoms with Crippen LogP contribution in [0.15, 0.2) is 191 Å². The molecule has 0 atom stereocenters. The predicted molar refractivity (Wildman–Crippen MR) is 218 cm³/mol. The van der Waals surface area contributed by atoms with Crippen molar-refractivity contribution in [2.45, 2.75) is 0 Å². The van der Waals surface area contributed by atoms with Gasteiger partial charge >= 0.3 is 0 Å². The molecule has 11 rings (SSSR count). The normalized spacial score (nSPS) is 11.8. The van der Waals surface area contributed by atoms with E-state index in [0.717, 1.165) is 71.7 Å². The van der Waals surface area contributed by atoms with Crippen molar-refractivity contribution in [1.29, 1.82) is 0 Å². The van der Waals surface area contributed by atoms with E-state index >= 15 is 0 Å². The predicted octanol–water partition coefficient (Wildman–Crippen LogP) is 14.5. The monoisotopic (exact) mass is 662 g/mol. The Bertz CT molecular complexity index is 3120. The Morgan fingerprint density at radius 1 is 0.269 bits per heavy atom. The first kappa shape index (κ1) is 28.9. The third-order valence-electron chi connectivity index (χ3n) is 10.7. The van der Waals surface area contributed by atoms with E-state index in [-0.39, 0.29) is 0 Å². The highest BCUT2D eigenvalue weighted by molar-refractivity contribution is 6.25. The molecule has 52 heavy (non-hydrogen) atoms. The minimum absolute atomic E-state index is 0.882. The first-order chi connectivity index (χ1) is 25.8. The van der Waals surface area contributed by atoms with Gasteiger partial charge in [-0.05, 0) is 91.3 Å². The summed E-state index contributed by atoms with van der Waals surface area (Å²) >= 11 is 0. The molecule has 0 radical (unpaired) electrons. The Hall–Kier alpha value is -6.90. The van der Waals surface area contributed by atoms with Gasteiger partial charge in [-0.15, -0.1) is 0 Å². The number of hydrogen-bond donors (Lipinski definition) is 0. The van der Waals surface area contributed by atoms with Crippen LogP contribution in [-0.4, -0.2) is 0 Å². The number of fused-ring (bicyclic) bond motifs is 8.